The summed E-state index contributed by atoms with van der Waals surface area (Å²) in [4.78, 5) is 30.5. The number of para-hydroxylation sites is 2. The number of fused-ring (bicyclic) bond motifs is 1. The Balaban J connectivity index is 1.38. The SMILES string of the molecule is CCOc1cc(C=C2C(=O)N(c3ccccc3)C(=S)N(c3ccccc3)C2=O)cc(Cl)c1OCc1cccc2ccccc12. The molecule has 0 radical (unpaired) electrons. The average Bonchev–Trinajstić information content (AvgIpc) is 3.04. The van der Waals surface area contributed by atoms with Crippen LogP contribution in [0.4, 0.5) is 11.4 Å². The van der Waals surface area contributed by atoms with Crippen LogP contribution in [0.15, 0.2) is 121 Å². The Labute approximate surface area is 265 Å². The van der Waals surface area contributed by atoms with Crippen molar-refractivity contribution in [3.63, 3.8) is 0 Å². The Hall–Kier alpha value is -4.98. The Kier molecular flexibility index (Phi) is 8.41. The van der Waals surface area contributed by atoms with Crippen molar-refractivity contribution in [1.82, 2.24) is 0 Å². The molecule has 0 bridgehead atoms. The van der Waals surface area contributed by atoms with Gasteiger partial charge in [-0.05, 0) is 83.5 Å². The van der Waals surface area contributed by atoms with E-state index in [-0.39, 0.29) is 22.3 Å². The van der Waals surface area contributed by atoms with Crippen LogP contribution in [0.3, 0.4) is 0 Å². The van der Waals surface area contributed by atoms with Gasteiger partial charge >= 0.3 is 0 Å². The molecule has 1 saturated heterocycles. The number of rotatable bonds is 8. The molecule has 5 aromatic rings. The van der Waals surface area contributed by atoms with Crippen molar-refractivity contribution in [1.29, 1.82) is 0 Å². The Morgan fingerprint density at radius 2 is 1.34 bits per heavy atom. The van der Waals surface area contributed by atoms with Crippen molar-refractivity contribution in [2.24, 2.45) is 0 Å². The molecule has 5 aromatic carbocycles. The summed E-state index contributed by atoms with van der Waals surface area (Å²) < 4.78 is 12.1. The summed E-state index contributed by atoms with van der Waals surface area (Å²) in [7, 11) is 0. The van der Waals surface area contributed by atoms with Crippen LogP contribution in [-0.2, 0) is 16.2 Å². The third-order valence-electron chi connectivity index (χ3n) is 7.17. The summed E-state index contributed by atoms with van der Waals surface area (Å²) >= 11 is 12.5. The minimum absolute atomic E-state index is 0.0692. The maximum Gasteiger partial charge on any atom is 0.270 e. The van der Waals surface area contributed by atoms with E-state index in [1.54, 1.807) is 36.4 Å². The predicted octanol–water partition coefficient (Wildman–Crippen LogP) is 8.22. The molecule has 6 rings (SSSR count). The maximum absolute atomic E-state index is 13.9. The van der Waals surface area contributed by atoms with Crippen LogP contribution < -0.4 is 19.3 Å². The van der Waals surface area contributed by atoms with Crippen LogP contribution in [0.2, 0.25) is 5.02 Å². The number of benzene rings is 5. The lowest BCUT2D eigenvalue weighted by atomic mass is 10.0. The molecule has 0 aromatic heterocycles. The first-order valence-corrected chi connectivity index (χ1v) is 14.9. The number of anilines is 2. The first-order valence-electron chi connectivity index (χ1n) is 14.1. The van der Waals surface area contributed by atoms with Gasteiger partial charge in [-0.15, -0.1) is 0 Å². The highest BCUT2D eigenvalue weighted by molar-refractivity contribution is 7.81. The summed E-state index contributed by atoms with van der Waals surface area (Å²) in [6.07, 6.45) is 1.52. The minimum Gasteiger partial charge on any atom is -0.490 e. The number of amides is 2. The molecule has 1 fully saturated rings. The van der Waals surface area contributed by atoms with Crippen molar-refractivity contribution in [3.8, 4) is 11.5 Å². The second-order valence-corrected chi connectivity index (χ2v) is 10.8. The first-order chi connectivity index (χ1) is 21.5. The molecule has 1 aliphatic rings. The summed E-state index contributed by atoms with van der Waals surface area (Å²) in [5.74, 6) is -0.298. The number of hydrogen-bond acceptors (Lipinski definition) is 5. The van der Waals surface area contributed by atoms with E-state index in [0.717, 1.165) is 16.3 Å². The van der Waals surface area contributed by atoms with Gasteiger partial charge in [-0.25, -0.2) is 0 Å². The van der Waals surface area contributed by atoms with Crippen molar-refractivity contribution >= 4 is 69.0 Å². The molecule has 0 saturated carbocycles. The molecule has 44 heavy (non-hydrogen) atoms. The Morgan fingerprint density at radius 3 is 1.98 bits per heavy atom. The second kappa shape index (κ2) is 12.7. The van der Waals surface area contributed by atoms with Crippen LogP contribution in [0.1, 0.15) is 18.1 Å². The normalized spacial score (nSPS) is 13.4. The summed E-state index contributed by atoms with van der Waals surface area (Å²) in [6, 6.07) is 35.5. The van der Waals surface area contributed by atoms with Crippen LogP contribution in [0, 0.1) is 0 Å². The lowest BCUT2D eigenvalue weighted by Gasteiger charge is -2.36. The van der Waals surface area contributed by atoms with E-state index in [1.165, 1.54) is 15.9 Å². The second-order valence-electron chi connectivity index (χ2n) is 9.98. The fourth-order valence-electron chi connectivity index (χ4n) is 5.15. The lowest BCUT2D eigenvalue weighted by molar-refractivity contribution is -0.120. The van der Waals surface area contributed by atoms with Crippen LogP contribution in [-0.4, -0.2) is 23.5 Å². The number of hydrogen-bond donors (Lipinski definition) is 0. The van der Waals surface area contributed by atoms with Crippen LogP contribution >= 0.6 is 23.8 Å². The molecule has 218 valence electrons. The summed E-state index contributed by atoms with van der Waals surface area (Å²) in [5, 5.41) is 2.56. The molecule has 6 nitrogen and oxygen atoms in total. The summed E-state index contributed by atoms with van der Waals surface area (Å²) in [6.45, 7) is 2.49. The zero-order valence-electron chi connectivity index (χ0n) is 23.8. The molecule has 0 N–H and O–H groups in total. The molecule has 0 atom stereocenters. The molecule has 0 unspecified atom stereocenters. The van der Waals surface area contributed by atoms with E-state index >= 15 is 0 Å². The first kappa shape index (κ1) is 29.1. The molecule has 2 amide bonds. The highest BCUT2D eigenvalue weighted by Gasteiger charge is 2.41. The van der Waals surface area contributed by atoms with E-state index in [1.807, 2.05) is 67.6 Å². The Morgan fingerprint density at radius 1 is 0.750 bits per heavy atom. The molecule has 1 aliphatic heterocycles. The van der Waals surface area contributed by atoms with Crippen molar-refractivity contribution in [2.45, 2.75) is 13.5 Å². The fraction of sp³-hybridized carbons (Fsp3) is 0.0833. The monoisotopic (exact) mass is 618 g/mol. The molecule has 0 aliphatic carbocycles. The van der Waals surface area contributed by atoms with Crippen molar-refractivity contribution in [2.75, 3.05) is 16.4 Å². The number of nitrogens with zero attached hydrogens (tertiary/aromatic N) is 2. The molecule has 0 spiro atoms. The number of ether oxygens (including phenoxy) is 2. The van der Waals surface area contributed by atoms with Gasteiger partial charge in [-0.1, -0.05) is 90.5 Å². The topological polar surface area (TPSA) is 59.1 Å². The standard InChI is InChI=1S/C36H27ClN2O4S/c1-2-42-32-22-24(21-31(37)33(32)43-23-26-14-11-13-25-12-9-10-19-29(25)26)20-30-34(40)38(27-15-5-3-6-16-27)36(44)39(35(30)41)28-17-7-4-8-18-28/h3-22H,2,23H2,1H3. The van der Waals surface area contributed by atoms with E-state index in [0.29, 0.717) is 35.0 Å². The number of halogens is 1. The van der Waals surface area contributed by atoms with E-state index in [2.05, 4.69) is 18.2 Å². The van der Waals surface area contributed by atoms with Gasteiger partial charge in [0, 0.05) is 0 Å². The molecule has 8 heteroatoms. The van der Waals surface area contributed by atoms with Crippen LogP contribution in [0.5, 0.6) is 11.5 Å². The third-order valence-corrected chi connectivity index (χ3v) is 7.82. The van der Waals surface area contributed by atoms with Crippen LogP contribution in [0.25, 0.3) is 16.8 Å². The van der Waals surface area contributed by atoms with Gasteiger partial charge < -0.3 is 9.47 Å². The molecular weight excluding hydrogens is 592 g/mol. The molecular formula is C36H27ClN2O4S. The predicted molar refractivity (Wildman–Crippen MR) is 179 cm³/mol. The number of thiocarbonyl (C=S) groups is 1. The van der Waals surface area contributed by atoms with E-state index in [9.17, 15) is 9.59 Å². The quantitative estimate of drug-likeness (QED) is 0.0996. The summed E-state index contributed by atoms with van der Waals surface area (Å²) in [5.41, 5.74) is 2.53. The zero-order valence-corrected chi connectivity index (χ0v) is 25.3. The zero-order chi connectivity index (χ0) is 30.6. The maximum atomic E-state index is 13.9. The van der Waals surface area contributed by atoms with Crippen molar-refractivity contribution < 1.29 is 19.1 Å². The number of carbonyl (C=O) groups excluding carboxylic acids is 2. The van der Waals surface area contributed by atoms with E-state index < -0.39 is 11.8 Å². The largest absolute Gasteiger partial charge is 0.490 e. The molecule has 1 heterocycles. The van der Waals surface area contributed by atoms with Gasteiger partial charge in [0.1, 0.15) is 12.2 Å². The number of carbonyl (C=O) groups is 2. The smallest absolute Gasteiger partial charge is 0.270 e. The van der Waals surface area contributed by atoms with Gasteiger partial charge in [0.2, 0.25) is 0 Å². The van der Waals surface area contributed by atoms with Gasteiger partial charge in [0.05, 0.1) is 23.0 Å². The van der Waals surface area contributed by atoms with Crippen molar-refractivity contribution in [3.05, 3.63) is 137 Å². The van der Waals surface area contributed by atoms with Gasteiger partial charge in [0.15, 0.2) is 16.6 Å². The Bertz CT molecular complexity index is 1840. The average molecular weight is 619 g/mol. The van der Waals surface area contributed by atoms with Gasteiger partial charge in [0.25, 0.3) is 11.8 Å². The van der Waals surface area contributed by atoms with Gasteiger partial charge in [-0.3, -0.25) is 19.4 Å². The van der Waals surface area contributed by atoms with Gasteiger partial charge in [-0.2, -0.15) is 0 Å². The third kappa shape index (κ3) is 5.67. The highest BCUT2D eigenvalue weighted by Crippen LogP contribution is 2.39. The highest BCUT2D eigenvalue weighted by atomic mass is 35.5. The lowest BCUT2D eigenvalue weighted by Crippen LogP contribution is -2.56. The van der Waals surface area contributed by atoms with E-state index in [4.69, 9.17) is 33.3 Å². The minimum atomic E-state index is -0.538. The fourth-order valence-corrected chi connectivity index (χ4v) is 5.80.